The summed E-state index contributed by atoms with van der Waals surface area (Å²) in [5.41, 5.74) is 1.54. The summed E-state index contributed by atoms with van der Waals surface area (Å²) in [5, 5.41) is 4.04. The van der Waals surface area contributed by atoms with Crippen LogP contribution < -0.4 is 5.32 Å². The van der Waals surface area contributed by atoms with Gasteiger partial charge in [0.2, 0.25) is 11.8 Å². The summed E-state index contributed by atoms with van der Waals surface area (Å²) in [6, 6.07) is 10.6. The van der Waals surface area contributed by atoms with Crippen LogP contribution in [0.2, 0.25) is 10.0 Å². The van der Waals surface area contributed by atoms with E-state index in [0.717, 1.165) is 11.1 Å². The van der Waals surface area contributed by atoms with E-state index in [9.17, 15) is 14.0 Å². The van der Waals surface area contributed by atoms with Crippen molar-refractivity contribution in [2.75, 3.05) is 12.3 Å². The van der Waals surface area contributed by atoms with Crippen LogP contribution >= 0.6 is 35.0 Å². The highest BCUT2D eigenvalue weighted by Crippen LogP contribution is 2.28. The fourth-order valence-electron chi connectivity index (χ4n) is 3.12. The molecule has 1 N–H and O–H groups in total. The predicted molar refractivity (Wildman–Crippen MR) is 132 cm³/mol. The Bertz CT molecular complexity index is 889. The summed E-state index contributed by atoms with van der Waals surface area (Å²) >= 11 is 13.8. The van der Waals surface area contributed by atoms with Gasteiger partial charge in [0, 0.05) is 28.9 Å². The molecule has 0 saturated heterocycles. The van der Waals surface area contributed by atoms with Crippen molar-refractivity contribution in [1.29, 1.82) is 0 Å². The van der Waals surface area contributed by atoms with Gasteiger partial charge >= 0.3 is 0 Å². The van der Waals surface area contributed by atoms with Gasteiger partial charge in [-0.25, -0.2) is 4.39 Å². The fraction of sp³-hybridized carbons (Fsp3) is 0.417. The largest absolute Gasteiger partial charge is 0.354 e. The van der Waals surface area contributed by atoms with E-state index in [0.29, 0.717) is 34.7 Å². The number of halogens is 3. The maximum absolute atomic E-state index is 13.3. The molecule has 32 heavy (non-hydrogen) atoms. The van der Waals surface area contributed by atoms with Crippen molar-refractivity contribution in [3.05, 3.63) is 69.5 Å². The standard InChI is InChI=1S/C24H29Cl2FN2O2S/c1-4-22(24(31)28-12-16(2)3)29(13-17-8-10-18(27)11-9-17)23(30)15-32-14-19-20(25)6-5-7-21(19)26/h5-11,16,22H,4,12-15H2,1-3H3,(H,28,31)/t22-/m1/s1. The van der Waals surface area contributed by atoms with Crippen LogP contribution in [0.25, 0.3) is 0 Å². The monoisotopic (exact) mass is 498 g/mol. The molecule has 0 fully saturated rings. The van der Waals surface area contributed by atoms with Gasteiger partial charge in [0.25, 0.3) is 0 Å². The summed E-state index contributed by atoms with van der Waals surface area (Å²) in [5.74, 6) is 0.237. The van der Waals surface area contributed by atoms with Gasteiger partial charge in [-0.15, -0.1) is 11.8 Å². The number of rotatable bonds is 11. The molecule has 2 rings (SSSR count). The Hall–Kier alpha value is -1.76. The summed E-state index contributed by atoms with van der Waals surface area (Å²) in [4.78, 5) is 27.6. The molecule has 2 aromatic rings. The molecule has 8 heteroatoms. The maximum atomic E-state index is 13.3. The second kappa shape index (κ2) is 13.1. The normalized spacial score (nSPS) is 12.0. The molecule has 4 nitrogen and oxygen atoms in total. The second-order valence-electron chi connectivity index (χ2n) is 7.90. The number of hydrogen-bond acceptors (Lipinski definition) is 3. The zero-order chi connectivity index (χ0) is 23.7. The number of hydrogen-bond donors (Lipinski definition) is 1. The summed E-state index contributed by atoms with van der Waals surface area (Å²) in [6.07, 6.45) is 0.470. The fourth-order valence-corrected chi connectivity index (χ4v) is 4.77. The molecule has 0 aromatic heterocycles. The average Bonchev–Trinajstić information content (AvgIpc) is 2.75. The first-order valence-corrected chi connectivity index (χ1v) is 12.5. The van der Waals surface area contributed by atoms with Gasteiger partial charge in [0.05, 0.1) is 5.75 Å². The van der Waals surface area contributed by atoms with E-state index >= 15 is 0 Å². The quantitative estimate of drug-likeness (QED) is 0.416. The van der Waals surface area contributed by atoms with E-state index in [1.807, 2.05) is 20.8 Å². The lowest BCUT2D eigenvalue weighted by Gasteiger charge is -2.31. The van der Waals surface area contributed by atoms with E-state index in [1.54, 1.807) is 35.2 Å². The predicted octanol–water partition coefficient (Wildman–Crippen LogP) is 5.95. The van der Waals surface area contributed by atoms with Crippen molar-refractivity contribution in [2.24, 2.45) is 5.92 Å². The van der Waals surface area contributed by atoms with Gasteiger partial charge in [-0.2, -0.15) is 0 Å². The molecule has 174 valence electrons. The van der Waals surface area contributed by atoms with E-state index in [1.165, 1.54) is 23.9 Å². The summed E-state index contributed by atoms with van der Waals surface area (Å²) in [7, 11) is 0. The third-order valence-corrected chi connectivity index (χ3v) is 6.52. The van der Waals surface area contributed by atoms with Crippen LogP contribution in [0.5, 0.6) is 0 Å². The van der Waals surface area contributed by atoms with Crippen LogP contribution in [0.3, 0.4) is 0 Å². The minimum Gasteiger partial charge on any atom is -0.354 e. The van der Waals surface area contributed by atoms with Gasteiger partial charge in [-0.1, -0.05) is 62.2 Å². The topological polar surface area (TPSA) is 49.4 Å². The van der Waals surface area contributed by atoms with Gasteiger partial charge in [-0.3, -0.25) is 9.59 Å². The third-order valence-electron chi connectivity index (χ3n) is 4.87. The highest BCUT2D eigenvalue weighted by atomic mass is 35.5. The third kappa shape index (κ3) is 7.98. The zero-order valence-corrected chi connectivity index (χ0v) is 20.9. The molecule has 0 spiro atoms. The first-order chi connectivity index (χ1) is 15.2. The van der Waals surface area contributed by atoms with E-state index < -0.39 is 6.04 Å². The van der Waals surface area contributed by atoms with Crippen molar-refractivity contribution in [1.82, 2.24) is 10.2 Å². The highest BCUT2D eigenvalue weighted by molar-refractivity contribution is 7.99. The lowest BCUT2D eigenvalue weighted by atomic mass is 10.1. The number of amides is 2. The summed E-state index contributed by atoms with van der Waals surface area (Å²) < 4.78 is 13.3. The first kappa shape index (κ1) is 26.5. The lowest BCUT2D eigenvalue weighted by molar-refractivity contribution is -0.139. The molecule has 1 atom stereocenters. The number of thioether (sulfide) groups is 1. The Labute approximate surface area is 203 Å². The number of benzene rings is 2. The maximum Gasteiger partial charge on any atom is 0.242 e. The van der Waals surface area contributed by atoms with Crippen molar-refractivity contribution in [3.8, 4) is 0 Å². The van der Waals surface area contributed by atoms with Gasteiger partial charge < -0.3 is 10.2 Å². The smallest absolute Gasteiger partial charge is 0.242 e. The first-order valence-electron chi connectivity index (χ1n) is 10.5. The molecule has 0 aliphatic rings. The van der Waals surface area contributed by atoms with Crippen LogP contribution in [0, 0.1) is 11.7 Å². The molecule has 0 aliphatic carbocycles. The molecule has 0 bridgehead atoms. The Balaban J connectivity index is 2.15. The molecule has 0 unspecified atom stereocenters. The number of carbonyl (C=O) groups excluding carboxylic acids is 2. The molecule has 0 saturated carbocycles. The van der Waals surface area contributed by atoms with Crippen molar-refractivity contribution >= 4 is 46.8 Å². The Morgan fingerprint density at radius 3 is 2.28 bits per heavy atom. The van der Waals surface area contributed by atoms with E-state index in [2.05, 4.69) is 5.32 Å². The van der Waals surface area contributed by atoms with Crippen LogP contribution in [0.1, 0.15) is 38.3 Å². The van der Waals surface area contributed by atoms with Gasteiger partial charge in [0.1, 0.15) is 11.9 Å². The van der Waals surface area contributed by atoms with Crippen LogP contribution in [-0.4, -0.2) is 35.1 Å². The van der Waals surface area contributed by atoms with Crippen molar-refractivity contribution in [3.63, 3.8) is 0 Å². The van der Waals surface area contributed by atoms with E-state index in [4.69, 9.17) is 23.2 Å². The molecule has 2 amide bonds. The molecule has 2 aromatic carbocycles. The molecular formula is C24H29Cl2FN2O2S. The van der Waals surface area contributed by atoms with Crippen LogP contribution in [0.15, 0.2) is 42.5 Å². The number of carbonyl (C=O) groups is 2. The molecule has 0 heterocycles. The Kier molecular flexibility index (Phi) is 10.8. The average molecular weight is 499 g/mol. The zero-order valence-electron chi connectivity index (χ0n) is 18.5. The van der Waals surface area contributed by atoms with Crippen LogP contribution in [0.4, 0.5) is 4.39 Å². The van der Waals surface area contributed by atoms with Crippen molar-refractivity contribution in [2.45, 2.75) is 45.5 Å². The summed E-state index contributed by atoms with van der Waals surface area (Å²) in [6.45, 7) is 6.66. The Morgan fingerprint density at radius 2 is 1.72 bits per heavy atom. The van der Waals surface area contributed by atoms with Crippen LogP contribution in [-0.2, 0) is 21.9 Å². The van der Waals surface area contributed by atoms with Gasteiger partial charge in [-0.05, 0) is 47.7 Å². The minimum absolute atomic E-state index is 0.163. The molecule has 0 aliphatic heterocycles. The highest BCUT2D eigenvalue weighted by Gasteiger charge is 2.28. The van der Waals surface area contributed by atoms with Crippen molar-refractivity contribution < 1.29 is 14.0 Å². The number of nitrogens with zero attached hydrogens (tertiary/aromatic N) is 1. The lowest BCUT2D eigenvalue weighted by Crippen LogP contribution is -2.50. The SMILES string of the molecule is CC[C@H](C(=O)NCC(C)C)N(Cc1ccc(F)cc1)C(=O)CSCc1c(Cl)cccc1Cl. The van der Waals surface area contributed by atoms with E-state index in [-0.39, 0.29) is 29.9 Å². The van der Waals surface area contributed by atoms with Gasteiger partial charge in [0.15, 0.2) is 0 Å². The minimum atomic E-state index is -0.615. The molecular weight excluding hydrogens is 470 g/mol. The molecule has 0 radical (unpaired) electrons. The number of nitrogens with one attached hydrogen (secondary N) is 1. The second-order valence-corrected chi connectivity index (χ2v) is 9.70. The Morgan fingerprint density at radius 1 is 1.09 bits per heavy atom.